The first-order valence-electron chi connectivity index (χ1n) is 4.75. The van der Waals surface area contributed by atoms with Crippen LogP contribution in [-0.2, 0) is 4.79 Å². The lowest BCUT2D eigenvalue weighted by molar-refractivity contribution is -0.119. The van der Waals surface area contributed by atoms with Gasteiger partial charge in [-0.1, -0.05) is 11.6 Å². The van der Waals surface area contributed by atoms with Gasteiger partial charge in [0.2, 0.25) is 5.91 Å². The molecule has 1 aliphatic heterocycles. The third kappa shape index (κ3) is 2.56. The molecule has 1 aromatic rings. The van der Waals surface area contributed by atoms with Crippen molar-refractivity contribution in [1.82, 2.24) is 15.3 Å². The van der Waals surface area contributed by atoms with Gasteiger partial charge in [0.05, 0.1) is 0 Å². The van der Waals surface area contributed by atoms with Gasteiger partial charge in [-0.15, -0.1) is 0 Å². The van der Waals surface area contributed by atoms with Crippen molar-refractivity contribution in [3.05, 3.63) is 17.5 Å². The first-order valence-corrected chi connectivity index (χ1v) is 5.13. The van der Waals surface area contributed by atoms with E-state index in [9.17, 15) is 4.79 Å². The fourth-order valence-corrected chi connectivity index (χ4v) is 1.66. The van der Waals surface area contributed by atoms with Gasteiger partial charge in [0, 0.05) is 31.4 Å². The minimum atomic E-state index is 0.104. The maximum atomic E-state index is 10.9. The maximum absolute atomic E-state index is 10.9. The zero-order valence-corrected chi connectivity index (χ0v) is 8.79. The van der Waals surface area contributed by atoms with Crippen LogP contribution < -0.4 is 10.6 Å². The van der Waals surface area contributed by atoms with E-state index >= 15 is 0 Å². The molecule has 1 unspecified atom stereocenters. The summed E-state index contributed by atoms with van der Waals surface area (Å²) in [5.41, 5.74) is 0. The van der Waals surface area contributed by atoms with Gasteiger partial charge in [-0.05, 0) is 6.42 Å². The largest absolute Gasteiger partial charge is 0.365 e. The number of halogens is 1. The van der Waals surface area contributed by atoms with E-state index in [1.165, 1.54) is 6.20 Å². The third-order valence-electron chi connectivity index (χ3n) is 2.25. The number of nitrogens with one attached hydrogen (secondary N) is 2. The lowest BCUT2D eigenvalue weighted by Gasteiger charge is -2.11. The van der Waals surface area contributed by atoms with E-state index < -0.39 is 0 Å². The lowest BCUT2D eigenvalue weighted by atomic mass is 10.2. The summed E-state index contributed by atoms with van der Waals surface area (Å²) in [6.07, 6.45) is 4.55. The third-order valence-corrected chi connectivity index (χ3v) is 2.53. The Bertz CT molecular complexity index is 371. The Morgan fingerprint density at radius 3 is 3.00 bits per heavy atom. The molecule has 1 aromatic heterocycles. The Morgan fingerprint density at radius 2 is 2.33 bits per heavy atom. The molecule has 1 saturated heterocycles. The summed E-state index contributed by atoms with van der Waals surface area (Å²) in [6.45, 7) is 0.629. The standard InChI is InChI=1S/C9H11ClN4O/c10-8-9(12-4-3-11-8)13-5-6-1-2-7(15)14-6/h3-4,6H,1-2,5H2,(H,12,13)(H,14,15). The van der Waals surface area contributed by atoms with Crippen molar-refractivity contribution in [3.63, 3.8) is 0 Å². The molecule has 1 aliphatic rings. The predicted molar refractivity (Wildman–Crippen MR) is 56.7 cm³/mol. The van der Waals surface area contributed by atoms with Gasteiger partial charge in [-0.25, -0.2) is 9.97 Å². The van der Waals surface area contributed by atoms with E-state index in [0.717, 1.165) is 6.42 Å². The molecule has 0 spiro atoms. The van der Waals surface area contributed by atoms with Crippen LogP contribution in [0.4, 0.5) is 5.82 Å². The number of carbonyl (C=O) groups is 1. The summed E-state index contributed by atoms with van der Waals surface area (Å²) in [5.74, 6) is 0.660. The normalized spacial score (nSPS) is 20.1. The number of rotatable bonds is 3. The fraction of sp³-hybridized carbons (Fsp3) is 0.444. The molecular weight excluding hydrogens is 216 g/mol. The van der Waals surface area contributed by atoms with Crippen LogP contribution in [0.5, 0.6) is 0 Å². The Kier molecular flexibility index (Phi) is 3.01. The SMILES string of the molecule is O=C1CCC(CNc2nccnc2Cl)N1. The topological polar surface area (TPSA) is 66.9 Å². The summed E-state index contributed by atoms with van der Waals surface area (Å²) in [5, 5.41) is 6.25. The summed E-state index contributed by atoms with van der Waals surface area (Å²) in [4.78, 5) is 18.9. The molecule has 1 atom stereocenters. The Morgan fingerprint density at radius 1 is 1.53 bits per heavy atom. The molecule has 6 heteroatoms. The first-order chi connectivity index (χ1) is 7.25. The molecule has 2 rings (SSSR count). The second kappa shape index (κ2) is 4.44. The van der Waals surface area contributed by atoms with Gasteiger partial charge in [0.15, 0.2) is 11.0 Å². The van der Waals surface area contributed by atoms with Crippen molar-refractivity contribution >= 4 is 23.3 Å². The smallest absolute Gasteiger partial charge is 0.220 e. The van der Waals surface area contributed by atoms with Crippen LogP contribution in [0.3, 0.4) is 0 Å². The molecule has 2 heterocycles. The minimum Gasteiger partial charge on any atom is -0.365 e. The highest BCUT2D eigenvalue weighted by molar-refractivity contribution is 6.31. The number of nitrogens with zero attached hydrogens (tertiary/aromatic N) is 2. The lowest BCUT2D eigenvalue weighted by Crippen LogP contribution is -2.32. The van der Waals surface area contributed by atoms with Crippen LogP contribution in [0.25, 0.3) is 0 Å². The molecule has 0 saturated carbocycles. The molecule has 15 heavy (non-hydrogen) atoms. The first kappa shape index (κ1) is 10.2. The summed E-state index contributed by atoms with van der Waals surface area (Å²) >= 11 is 5.81. The van der Waals surface area contributed by atoms with Gasteiger partial charge in [0.25, 0.3) is 0 Å². The highest BCUT2D eigenvalue weighted by atomic mass is 35.5. The molecule has 1 fully saturated rings. The van der Waals surface area contributed by atoms with Gasteiger partial charge in [-0.2, -0.15) is 0 Å². The number of anilines is 1. The van der Waals surface area contributed by atoms with Crippen molar-refractivity contribution in [2.75, 3.05) is 11.9 Å². The van der Waals surface area contributed by atoms with E-state index in [1.54, 1.807) is 6.20 Å². The van der Waals surface area contributed by atoms with E-state index in [0.29, 0.717) is 23.9 Å². The number of hydrogen-bond acceptors (Lipinski definition) is 4. The van der Waals surface area contributed by atoms with E-state index in [1.807, 2.05) is 0 Å². The molecule has 0 radical (unpaired) electrons. The Labute approximate surface area is 92.3 Å². The van der Waals surface area contributed by atoms with Crippen LogP contribution in [0.2, 0.25) is 5.15 Å². The zero-order chi connectivity index (χ0) is 10.7. The molecule has 0 bridgehead atoms. The number of hydrogen-bond donors (Lipinski definition) is 2. The second-order valence-corrected chi connectivity index (χ2v) is 3.74. The number of aromatic nitrogens is 2. The van der Waals surface area contributed by atoms with Crippen molar-refractivity contribution in [1.29, 1.82) is 0 Å². The molecule has 1 amide bonds. The highest BCUT2D eigenvalue weighted by Gasteiger charge is 2.20. The molecular formula is C9H11ClN4O. The maximum Gasteiger partial charge on any atom is 0.220 e. The van der Waals surface area contributed by atoms with Crippen molar-refractivity contribution in [3.8, 4) is 0 Å². The van der Waals surface area contributed by atoms with Gasteiger partial charge < -0.3 is 10.6 Å². The molecule has 2 N–H and O–H groups in total. The van der Waals surface area contributed by atoms with Crippen LogP contribution in [-0.4, -0.2) is 28.5 Å². The molecule has 0 aliphatic carbocycles. The molecule has 5 nitrogen and oxygen atoms in total. The molecule has 80 valence electrons. The predicted octanol–water partition coefficient (Wildman–Crippen LogP) is 0.820. The minimum absolute atomic E-state index is 0.104. The van der Waals surface area contributed by atoms with Gasteiger partial charge in [0.1, 0.15) is 0 Å². The number of amides is 1. The van der Waals surface area contributed by atoms with Crippen molar-refractivity contribution in [2.45, 2.75) is 18.9 Å². The average molecular weight is 227 g/mol. The van der Waals surface area contributed by atoms with Crippen LogP contribution in [0.15, 0.2) is 12.4 Å². The van der Waals surface area contributed by atoms with Crippen LogP contribution in [0, 0.1) is 0 Å². The van der Waals surface area contributed by atoms with Crippen LogP contribution in [0.1, 0.15) is 12.8 Å². The van der Waals surface area contributed by atoms with Gasteiger partial charge in [-0.3, -0.25) is 4.79 Å². The second-order valence-electron chi connectivity index (χ2n) is 3.38. The highest BCUT2D eigenvalue weighted by Crippen LogP contribution is 2.15. The Hall–Kier alpha value is -1.36. The molecule has 0 aromatic carbocycles. The summed E-state index contributed by atoms with van der Waals surface area (Å²) < 4.78 is 0. The Balaban J connectivity index is 1.88. The average Bonchev–Trinajstić information content (AvgIpc) is 2.63. The monoisotopic (exact) mass is 226 g/mol. The van der Waals surface area contributed by atoms with Crippen molar-refractivity contribution in [2.24, 2.45) is 0 Å². The van der Waals surface area contributed by atoms with Gasteiger partial charge >= 0.3 is 0 Å². The quantitative estimate of drug-likeness (QED) is 0.801. The summed E-state index contributed by atoms with van der Waals surface area (Å²) in [7, 11) is 0. The zero-order valence-electron chi connectivity index (χ0n) is 8.03. The van der Waals surface area contributed by atoms with E-state index in [-0.39, 0.29) is 11.9 Å². The van der Waals surface area contributed by atoms with E-state index in [2.05, 4.69) is 20.6 Å². The van der Waals surface area contributed by atoms with Crippen molar-refractivity contribution < 1.29 is 4.79 Å². The number of carbonyl (C=O) groups excluding carboxylic acids is 1. The summed E-state index contributed by atoms with van der Waals surface area (Å²) in [6, 6.07) is 0.163. The fourth-order valence-electron chi connectivity index (χ4n) is 1.49. The van der Waals surface area contributed by atoms with Crippen LogP contribution >= 0.6 is 11.6 Å². The van der Waals surface area contributed by atoms with E-state index in [4.69, 9.17) is 11.6 Å².